The normalized spacial score (nSPS) is 25.2. The molecule has 1 fully saturated rings. The second kappa shape index (κ2) is 9.37. The lowest BCUT2D eigenvalue weighted by Gasteiger charge is -2.32. The molecule has 7 heteroatoms. The highest BCUT2D eigenvalue weighted by Crippen LogP contribution is 2.52. The minimum Gasteiger partial charge on any atom is -0.489 e. The first-order chi connectivity index (χ1) is 15.7. The van der Waals surface area contributed by atoms with Crippen LogP contribution in [-0.4, -0.2) is 45.2 Å². The fourth-order valence-electron chi connectivity index (χ4n) is 4.83. The van der Waals surface area contributed by atoms with Crippen LogP contribution in [0.3, 0.4) is 0 Å². The Bertz CT molecular complexity index is 1030. The fraction of sp³-hybridized carbons (Fsp3) is 0.423. The van der Waals surface area contributed by atoms with Crippen molar-refractivity contribution in [2.75, 3.05) is 0 Å². The first-order valence-electron chi connectivity index (χ1n) is 11.1. The molecule has 1 saturated carbocycles. The Hall–Kier alpha value is -2.54. The number of hydrogen-bond acceptors (Lipinski definition) is 5. The number of ether oxygens (including phenoxy) is 2. The van der Waals surface area contributed by atoms with E-state index in [1.165, 1.54) is 0 Å². The van der Waals surface area contributed by atoms with Crippen molar-refractivity contribution in [2.24, 2.45) is 5.92 Å². The number of carboxylic acids is 1. The Labute approximate surface area is 198 Å². The standard InChI is InChI=1S/C26H29ClO6/c1-26(2,33-16-8-4-3-5-9-16)25(31)19(27)13-18-20(28)14-21-23(18)17-10-6-7-15(24(17)32-21)11-12-22(29)30/h3-10,13,18,20-21,23,25,28,31H,11-12,14H2,1-2H3,(H,29,30)/t18-,20+,21-,23+,25+/m0/s1. The van der Waals surface area contributed by atoms with Gasteiger partial charge in [-0.25, -0.2) is 0 Å². The molecule has 0 radical (unpaired) electrons. The van der Waals surface area contributed by atoms with Gasteiger partial charge in [-0.05, 0) is 38.0 Å². The summed E-state index contributed by atoms with van der Waals surface area (Å²) in [6.45, 7) is 3.52. The van der Waals surface area contributed by atoms with E-state index in [-0.39, 0.29) is 29.4 Å². The zero-order chi connectivity index (χ0) is 23.8. The van der Waals surface area contributed by atoms with Crippen molar-refractivity contribution < 1.29 is 29.6 Å². The van der Waals surface area contributed by atoms with E-state index in [1.54, 1.807) is 19.9 Å². The number of aliphatic hydroxyl groups is 2. The van der Waals surface area contributed by atoms with Crippen LogP contribution in [-0.2, 0) is 11.2 Å². The predicted molar refractivity (Wildman–Crippen MR) is 125 cm³/mol. The number of benzene rings is 2. The minimum atomic E-state index is -1.10. The third kappa shape index (κ3) is 4.88. The highest BCUT2D eigenvalue weighted by atomic mass is 35.5. The van der Waals surface area contributed by atoms with E-state index in [2.05, 4.69) is 0 Å². The third-order valence-electron chi connectivity index (χ3n) is 6.49. The number of carbonyl (C=O) groups is 1. The van der Waals surface area contributed by atoms with Crippen molar-refractivity contribution in [1.82, 2.24) is 0 Å². The van der Waals surface area contributed by atoms with Crippen molar-refractivity contribution in [3.63, 3.8) is 0 Å². The van der Waals surface area contributed by atoms with E-state index in [0.717, 1.165) is 11.1 Å². The molecule has 0 spiro atoms. The minimum absolute atomic E-state index is 0.0234. The van der Waals surface area contributed by atoms with Crippen molar-refractivity contribution in [2.45, 2.75) is 62.9 Å². The lowest BCUT2D eigenvalue weighted by atomic mass is 9.86. The molecule has 3 N–H and O–H groups in total. The number of aryl methyl sites for hydroxylation is 1. The second-order valence-electron chi connectivity index (χ2n) is 9.26. The summed E-state index contributed by atoms with van der Waals surface area (Å²) in [5.41, 5.74) is 0.802. The first-order valence-corrected chi connectivity index (χ1v) is 11.5. The summed E-state index contributed by atoms with van der Waals surface area (Å²) in [5, 5.41) is 31.0. The molecular formula is C26H29ClO6. The smallest absolute Gasteiger partial charge is 0.303 e. The van der Waals surface area contributed by atoms with Crippen LogP contribution in [0, 0.1) is 5.92 Å². The molecule has 176 valence electrons. The highest BCUT2D eigenvalue weighted by molar-refractivity contribution is 6.30. The van der Waals surface area contributed by atoms with Gasteiger partial charge in [0.25, 0.3) is 0 Å². The summed E-state index contributed by atoms with van der Waals surface area (Å²) in [6, 6.07) is 14.9. The van der Waals surface area contributed by atoms with Gasteiger partial charge in [0.2, 0.25) is 0 Å². The predicted octanol–water partition coefficient (Wildman–Crippen LogP) is 4.27. The average Bonchev–Trinajstić information content (AvgIpc) is 3.27. The van der Waals surface area contributed by atoms with Gasteiger partial charge in [-0.2, -0.15) is 0 Å². The number of aliphatic hydroxyl groups excluding tert-OH is 2. The number of hydrogen-bond donors (Lipinski definition) is 3. The molecule has 0 amide bonds. The summed E-state index contributed by atoms with van der Waals surface area (Å²) >= 11 is 6.57. The molecular weight excluding hydrogens is 444 g/mol. The molecule has 0 bridgehead atoms. The maximum absolute atomic E-state index is 11.0. The largest absolute Gasteiger partial charge is 0.489 e. The monoisotopic (exact) mass is 472 g/mol. The van der Waals surface area contributed by atoms with Crippen LogP contribution in [0.1, 0.15) is 43.7 Å². The highest BCUT2D eigenvalue weighted by Gasteiger charge is 2.49. The van der Waals surface area contributed by atoms with Gasteiger partial charge in [0, 0.05) is 35.3 Å². The van der Waals surface area contributed by atoms with E-state index >= 15 is 0 Å². The lowest BCUT2D eigenvalue weighted by molar-refractivity contribution is -0.136. The third-order valence-corrected chi connectivity index (χ3v) is 6.83. The summed E-state index contributed by atoms with van der Waals surface area (Å²) < 4.78 is 12.1. The zero-order valence-electron chi connectivity index (χ0n) is 18.6. The van der Waals surface area contributed by atoms with E-state index in [9.17, 15) is 15.0 Å². The number of halogens is 1. The maximum atomic E-state index is 11.0. The molecule has 2 aromatic carbocycles. The van der Waals surface area contributed by atoms with Crippen LogP contribution in [0.25, 0.3) is 0 Å². The number of rotatable bonds is 8. The van der Waals surface area contributed by atoms with E-state index < -0.39 is 23.8 Å². The van der Waals surface area contributed by atoms with Gasteiger partial charge in [-0.15, -0.1) is 0 Å². The lowest BCUT2D eigenvalue weighted by Crippen LogP contribution is -2.42. The van der Waals surface area contributed by atoms with Crippen LogP contribution in [0.2, 0.25) is 0 Å². The van der Waals surface area contributed by atoms with E-state index in [0.29, 0.717) is 24.3 Å². The quantitative estimate of drug-likeness (QED) is 0.531. The Morgan fingerprint density at radius 2 is 1.97 bits per heavy atom. The van der Waals surface area contributed by atoms with Crippen LogP contribution in [0.15, 0.2) is 59.6 Å². The Morgan fingerprint density at radius 1 is 1.24 bits per heavy atom. The number of fused-ring (bicyclic) bond motifs is 3. The molecule has 1 heterocycles. The molecule has 0 aromatic heterocycles. The van der Waals surface area contributed by atoms with Gasteiger partial charge in [0.1, 0.15) is 29.3 Å². The van der Waals surface area contributed by atoms with Gasteiger partial charge in [-0.3, -0.25) is 4.79 Å². The van der Waals surface area contributed by atoms with Gasteiger partial charge in [0.15, 0.2) is 0 Å². The molecule has 2 aromatic rings. The summed E-state index contributed by atoms with van der Waals surface area (Å²) in [6.07, 6.45) is 0.561. The fourth-order valence-corrected chi connectivity index (χ4v) is 5.24. The van der Waals surface area contributed by atoms with E-state index in [4.69, 9.17) is 26.2 Å². The van der Waals surface area contributed by atoms with Crippen molar-refractivity contribution in [1.29, 1.82) is 0 Å². The van der Waals surface area contributed by atoms with Gasteiger partial charge in [0.05, 0.1) is 6.10 Å². The van der Waals surface area contributed by atoms with Crippen LogP contribution in [0.4, 0.5) is 0 Å². The number of aliphatic carboxylic acids is 1. The molecule has 33 heavy (non-hydrogen) atoms. The number of carboxylic acid groups (broad SMARTS) is 1. The van der Waals surface area contributed by atoms with Gasteiger partial charge >= 0.3 is 5.97 Å². The first kappa shape index (κ1) is 23.6. The SMILES string of the molecule is CC(C)(Oc1ccccc1)[C@H](O)C(Cl)=C[C@@H]1[C@H]2c3cccc(CCC(=O)O)c3O[C@H]2C[C@H]1O. The summed E-state index contributed by atoms with van der Waals surface area (Å²) in [5.74, 6) is 0.00474. The molecule has 5 atom stereocenters. The van der Waals surface area contributed by atoms with Crippen molar-refractivity contribution in [3.05, 3.63) is 70.8 Å². The second-order valence-corrected chi connectivity index (χ2v) is 9.70. The van der Waals surface area contributed by atoms with Gasteiger partial charge < -0.3 is 24.8 Å². The molecule has 0 unspecified atom stereocenters. The summed E-state index contributed by atoms with van der Waals surface area (Å²) in [4.78, 5) is 11.0. The maximum Gasteiger partial charge on any atom is 0.303 e. The Morgan fingerprint density at radius 3 is 2.67 bits per heavy atom. The van der Waals surface area contributed by atoms with Crippen molar-refractivity contribution >= 4 is 17.6 Å². The number of para-hydroxylation sites is 2. The molecule has 1 aliphatic heterocycles. The van der Waals surface area contributed by atoms with Crippen LogP contribution < -0.4 is 9.47 Å². The Kier molecular flexibility index (Phi) is 6.71. The molecule has 0 saturated heterocycles. The Balaban J connectivity index is 1.56. The topological polar surface area (TPSA) is 96.2 Å². The van der Waals surface area contributed by atoms with Gasteiger partial charge in [-0.1, -0.05) is 54.1 Å². The zero-order valence-corrected chi connectivity index (χ0v) is 19.4. The summed E-state index contributed by atoms with van der Waals surface area (Å²) in [7, 11) is 0. The molecule has 2 aliphatic rings. The molecule has 1 aliphatic carbocycles. The van der Waals surface area contributed by atoms with Crippen molar-refractivity contribution in [3.8, 4) is 11.5 Å². The molecule has 4 rings (SSSR count). The van der Waals surface area contributed by atoms with Crippen LogP contribution >= 0.6 is 11.6 Å². The van der Waals surface area contributed by atoms with Crippen LogP contribution in [0.5, 0.6) is 11.5 Å². The van der Waals surface area contributed by atoms with E-state index in [1.807, 2.05) is 48.5 Å². The average molecular weight is 473 g/mol. The molecule has 6 nitrogen and oxygen atoms in total.